The molecule has 1 heterocycles. The van der Waals surface area contributed by atoms with Crippen molar-refractivity contribution < 1.29 is 9.53 Å². The predicted octanol–water partition coefficient (Wildman–Crippen LogP) is 7.31. The molecule has 5 heteroatoms. The van der Waals surface area contributed by atoms with Gasteiger partial charge in [-0.1, -0.05) is 78.9 Å². The van der Waals surface area contributed by atoms with E-state index in [2.05, 4.69) is 58.8 Å². The molecule has 0 saturated carbocycles. The van der Waals surface area contributed by atoms with Gasteiger partial charge in [-0.15, -0.1) is 0 Å². The summed E-state index contributed by atoms with van der Waals surface area (Å²) in [6.07, 6.45) is 1.81. The highest BCUT2D eigenvalue weighted by Gasteiger charge is 2.17. The lowest BCUT2D eigenvalue weighted by Crippen LogP contribution is -2.39. The number of ether oxygens (including phenoxy) is 1. The van der Waals surface area contributed by atoms with E-state index in [0.717, 1.165) is 50.0 Å². The number of methoxy groups -OCH3 is 1. The molecule has 2 amide bonds. The van der Waals surface area contributed by atoms with E-state index >= 15 is 0 Å². The number of pyridine rings is 1. The third-order valence-electron chi connectivity index (χ3n) is 6.76. The summed E-state index contributed by atoms with van der Waals surface area (Å²) >= 11 is 0. The van der Waals surface area contributed by atoms with Crippen LogP contribution in [-0.4, -0.2) is 29.6 Å². The van der Waals surface area contributed by atoms with Gasteiger partial charge in [0.25, 0.3) is 0 Å². The van der Waals surface area contributed by atoms with Gasteiger partial charge in [-0.3, -0.25) is 4.98 Å². The summed E-state index contributed by atoms with van der Waals surface area (Å²) in [6.45, 7) is 3.53. The maximum atomic E-state index is 13.2. The van der Waals surface area contributed by atoms with Crippen molar-refractivity contribution in [2.45, 2.75) is 20.0 Å². The van der Waals surface area contributed by atoms with E-state index in [1.807, 2.05) is 72.6 Å². The van der Waals surface area contributed by atoms with Crippen molar-refractivity contribution in [1.82, 2.24) is 15.2 Å². The molecule has 0 radical (unpaired) electrons. The number of fused-ring (bicyclic) bond motifs is 1. The van der Waals surface area contributed by atoms with Gasteiger partial charge in [-0.25, -0.2) is 4.79 Å². The third-order valence-corrected chi connectivity index (χ3v) is 6.76. The Labute approximate surface area is 223 Å². The third kappa shape index (κ3) is 5.52. The molecule has 1 aromatic heterocycles. The Kier molecular flexibility index (Phi) is 7.65. The number of hydrogen-bond donors (Lipinski definition) is 1. The molecule has 0 unspecified atom stereocenters. The molecule has 5 rings (SSSR count). The summed E-state index contributed by atoms with van der Waals surface area (Å²) in [5, 5.41) is 4.18. The molecule has 0 bridgehead atoms. The van der Waals surface area contributed by atoms with Gasteiger partial charge in [-0.05, 0) is 59.0 Å². The molecular formula is C33H31N3O2. The number of nitrogens with one attached hydrogen (secondary N) is 1. The lowest BCUT2D eigenvalue weighted by Gasteiger charge is -2.24. The Hall–Kier alpha value is -4.64. The Bertz CT molecular complexity index is 1550. The molecule has 190 valence electrons. The number of para-hydroxylation sites is 1. The number of rotatable bonds is 8. The van der Waals surface area contributed by atoms with Gasteiger partial charge in [0.2, 0.25) is 0 Å². The highest BCUT2D eigenvalue weighted by Crippen LogP contribution is 2.35. The van der Waals surface area contributed by atoms with E-state index in [4.69, 9.17) is 4.74 Å². The maximum absolute atomic E-state index is 13.2. The van der Waals surface area contributed by atoms with Crippen molar-refractivity contribution in [3.8, 4) is 28.0 Å². The van der Waals surface area contributed by atoms with Gasteiger partial charge in [0.15, 0.2) is 0 Å². The zero-order valence-electron chi connectivity index (χ0n) is 21.7. The SMILES string of the molecule is CCN(Cc1cc(-c2ccc3cccnc3c2)ccc1-c1ccccc1OC)C(=O)NCc1ccccc1. The van der Waals surface area contributed by atoms with Crippen LogP contribution in [0.5, 0.6) is 5.75 Å². The molecule has 0 spiro atoms. The Morgan fingerprint density at radius 3 is 2.42 bits per heavy atom. The second kappa shape index (κ2) is 11.6. The standard InChI is InChI=1S/C33H31N3O2/c1-3-36(33(37)35-22-24-10-5-4-6-11-24)23-28-20-26(27-16-15-25-12-9-19-34-31(25)21-27)17-18-29(28)30-13-7-8-14-32(30)38-2/h4-21H,3,22-23H2,1-2H3,(H,35,37). The highest BCUT2D eigenvalue weighted by atomic mass is 16.5. The van der Waals surface area contributed by atoms with E-state index < -0.39 is 0 Å². The largest absolute Gasteiger partial charge is 0.496 e. The van der Waals surface area contributed by atoms with Crippen LogP contribution in [0.25, 0.3) is 33.2 Å². The van der Waals surface area contributed by atoms with Crippen LogP contribution in [0.3, 0.4) is 0 Å². The fourth-order valence-corrected chi connectivity index (χ4v) is 4.70. The lowest BCUT2D eigenvalue weighted by atomic mass is 9.93. The molecular weight excluding hydrogens is 470 g/mol. The zero-order chi connectivity index (χ0) is 26.3. The molecule has 5 nitrogen and oxygen atoms in total. The average molecular weight is 502 g/mol. The number of benzene rings is 4. The van der Waals surface area contributed by atoms with E-state index in [1.165, 1.54) is 0 Å². The molecule has 0 aliphatic heterocycles. The molecule has 0 atom stereocenters. The monoisotopic (exact) mass is 501 g/mol. The minimum Gasteiger partial charge on any atom is -0.496 e. The van der Waals surface area contributed by atoms with E-state index in [-0.39, 0.29) is 6.03 Å². The summed E-state index contributed by atoms with van der Waals surface area (Å²) in [7, 11) is 1.68. The Morgan fingerprint density at radius 2 is 1.61 bits per heavy atom. The van der Waals surface area contributed by atoms with E-state index in [0.29, 0.717) is 19.6 Å². The Morgan fingerprint density at radius 1 is 0.842 bits per heavy atom. The summed E-state index contributed by atoms with van der Waals surface area (Å²) in [5.41, 5.74) is 7.27. The van der Waals surface area contributed by atoms with Crippen LogP contribution in [-0.2, 0) is 13.1 Å². The van der Waals surface area contributed by atoms with Gasteiger partial charge in [-0.2, -0.15) is 0 Å². The molecule has 1 N–H and O–H groups in total. The van der Waals surface area contributed by atoms with Gasteiger partial charge >= 0.3 is 6.03 Å². The van der Waals surface area contributed by atoms with Gasteiger partial charge in [0, 0.05) is 36.8 Å². The Balaban J connectivity index is 1.50. The first-order valence-electron chi connectivity index (χ1n) is 12.8. The predicted molar refractivity (Wildman–Crippen MR) is 154 cm³/mol. The lowest BCUT2D eigenvalue weighted by molar-refractivity contribution is 0.197. The maximum Gasteiger partial charge on any atom is 0.317 e. The highest BCUT2D eigenvalue weighted by molar-refractivity contribution is 5.85. The van der Waals surface area contributed by atoms with Crippen LogP contribution < -0.4 is 10.1 Å². The fraction of sp³-hybridized carbons (Fsp3) is 0.152. The minimum atomic E-state index is -0.0948. The molecule has 0 aliphatic carbocycles. The molecule has 38 heavy (non-hydrogen) atoms. The number of carbonyl (C=O) groups is 1. The van der Waals surface area contributed by atoms with Crippen LogP contribution in [0.15, 0.2) is 109 Å². The number of urea groups is 1. The molecule has 4 aromatic carbocycles. The number of carbonyl (C=O) groups excluding carboxylic acids is 1. The van der Waals surface area contributed by atoms with Crippen molar-refractivity contribution >= 4 is 16.9 Å². The zero-order valence-corrected chi connectivity index (χ0v) is 21.7. The van der Waals surface area contributed by atoms with Crippen molar-refractivity contribution in [2.24, 2.45) is 0 Å². The molecule has 0 aliphatic rings. The first-order chi connectivity index (χ1) is 18.7. The summed E-state index contributed by atoms with van der Waals surface area (Å²) < 4.78 is 5.68. The van der Waals surface area contributed by atoms with Crippen molar-refractivity contribution in [1.29, 1.82) is 0 Å². The number of amides is 2. The van der Waals surface area contributed by atoms with Crippen molar-refractivity contribution in [3.05, 3.63) is 120 Å². The normalized spacial score (nSPS) is 10.8. The quantitative estimate of drug-likeness (QED) is 0.243. The fourth-order valence-electron chi connectivity index (χ4n) is 4.70. The molecule has 0 saturated heterocycles. The van der Waals surface area contributed by atoms with E-state index in [9.17, 15) is 4.79 Å². The first kappa shape index (κ1) is 25.0. The molecule has 5 aromatic rings. The van der Waals surface area contributed by atoms with Gasteiger partial charge in [0.05, 0.1) is 12.6 Å². The molecule has 0 fully saturated rings. The average Bonchev–Trinajstić information content (AvgIpc) is 2.98. The van der Waals surface area contributed by atoms with Gasteiger partial charge in [0.1, 0.15) is 5.75 Å². The van der Waals surface area contributed by atoms with E-state index in [1.54, 1.807) is 7.11 Å². The number of nitrogens with zero attached hydrogens (tertiary/aromatic N) is 2. The first-order valence-corrected chi connectivity index (χ1v) is 12.8. The van der Waals surface area contributed by atoms with Crippen LogP contribution in [0, 0.1) is 0 Å². The van der Waals surface area contributed by atoms with Gasteiger partial charge < -0.3 is 15.0 Å². The van der Waals surface area contributed by atoms with Crippen molar-refractivity contribution in [2.75, 3.05) is 13.7 Å². The second-order valence-corrected chi connectivity index (χ2v) is 9.14. The number of hydrogen-bond acceptors (Lipinski definition) is 3. The summed E-state index contributed by atoms with van der Waals surface area (Å²) in [6, 6.07) is 34.6. The van der Waals surface area contributed by atoms with Crippen LogP contribution >= 0.6 is 0 Å². The number of aromatic nitrogens is 1. The summed E-state index contributed by atoms with van der Waals surface area (Å²) in [5.74, 6) is 0.799. The van der Waals surface area contributed by atoms with Crippen LogP contribution in [0.4, 0.5) is 4.79 Å². The minimum absolute atomic E-state index is 0.0948. The van der Waals surface area contributed by atoms with Crippen LogP contribution in [0.2, 0.25) is 0 Å². The second-order valence-electron chi connectivity index (χ2n) is 9.14. The van der Waals surface area contributed by atoms with Crippen molar-refractivity contribution in [3.63, 3.8) is 0 Å². The topological polar surface area (TPSA) is 54.5 Å². The summed E-state index contributed by atoms with van der Waals surface area (Å²) in [4.78, 5) is 19.6. The smallest absolute Gasteiger partial charge is 0.317 e. The van der Waals surface area contributed by atoms with Crippen LogP contribution in [0.1, 0.15) is 18.1 Å².